The van der Waals surface area contributed by atoms with Crippen molar-refractivity contribution in [3.05, 3.63) is 42.2 Å². The van der Waals surface area contributed by atoms with Gasteiger partial charge in [-0.05, 0) is 12.6 Å². The van der Waals surface area contributed by atoms with Crippen molar-refractivity contribution >= 4 is 5.57 Å². The number of benzene rings is 1. The summed E-state index contributed by atoms with van der Waals surface area (Å²) in [7, 11) is 1.87. The van der Waals surface area contributed by atoms with E-state index in [4.69, 9.17) is 6.42 Å². The number of nitrogens with zero attached hydrogens (tertiary/aromatic N) is 1. The molecule has 0 aromatic heterocycles. The lowest BCUT2D eigenvalue weighted by atomic mass is 10.1. The third-order valence-electron chi connectivity index (χ3n) is 2.08. The highest BCUT2D eigenvalue weighted by molar-refractivity contribution is 5.65. The molecule has 0 aliphatic carbocycles. The fourth-order valence-electron chi connectivity index (χ4n) is 1.34. The zero-order valence-corrected chi connectivity index (χ0v) is 8.78. The average molecular weight is 203 g/mol. The Hall–Kier alpha value is -1.59. The third kappa shape index (κ3) is 3.57. The van der Waals surface area contributed by atoms with Crippen molar-refractivity contribution in [2.24, 2.45) is 0 Å². The van der Waals surface area contributed by atoms with Crippen LogP contribution in [0, 0.1) is 12.3 Å². The van der Waals surface area contributed by atoms with E-state index in [-0.39, 0.29) is 0 Å². The molecule has 0 N–H and O–H groups in total. The first-order valence-electron chi connectivity index (χ1n) is 4.74. The molecule has 0 saturated heterocycles. The molecular weight excluding hydrogens is 189 g/mol. The van der Waals surface area contributed by atoms with E-state index in [1.54, 1.807) is 0 Å². The van der Waals surface area contributed by atoms with E-state index >= 15 is 0 Å². The highest BCUT2D eigenvalue weighted by Gasteiger charge is 2.04. The lowest BCUT2D eigenvalue weighted by molar-refractivity contribution is 0.423. The Balaban J connectivity index is 2.71. The second-order valence-corrected chi connectivity index (χ2v) is 3.38. The second-order valence-electron chi connectivity index (χ2n) is 3.38. The number of hydrogen-bond acceptors (Lipinski definition) is 1. The largest absolute Gasteiger partial charge is 0.291 e. The van der Waals surface area contributed by atoms with Gasteiger partial charge in [0.05, 0.1) is 12.9 Å². The summed E-state index contributed by atoms with van der Waals surface area (Å²) in [6.07, 6.45) is 5.82. The summed E-state index contributed by atoms with van der Waals surface area (Å²) < 4.78 is 12.7. The first-order valence-corrected chi connectivity index (χ1v) is 4.74. The maximum atomic E-state index is 12.7. The van der Waals surface area contributed by atoms with Gasteiger partial charge in [0.25, 0.3) is 0 Å². The Morgan fingerprint density at radius 1 is 1.47 bits per heavy atom. The van der Waals surface area contributed by atoms with E-state index in [9.17, 15) is 4.39 Å². The molecule has 0 bridgehead atoms. The smallest absolute Gasteiger partial charge is 0.0917 e. The number of terminal acetylenes is 1. The second kappa shape index (κ2) is 6.00. The number of rotatable bonds is 4. The van der Waals surface area contributed by atoms with Crippen LogP contribution in [0.15, 0.2) is 36.7 Å². The number of hydrogen-bond donors (Lipinski definition) is 0. The van der Waals surface area contributed by atoms with E-state index in [0.29, 0.717) is 25.0 Å². The molecule has 15 heavy (non-hydrogen) atoms. The van der Waals surface area contributed by atoms with Crippen molar-refractivity contribution in [3.8, 4) is 12.3 Å². The maximum Gasteiger partial charge on any atom is 0.0917 e. The van der Waals surface area contributed by atoms with Gasteiger partial charge in [0.1, 0.15) is 0 Å². The molecule has 0 fully saturated rings. The minimum absolute atomic E-state index is 0.518. The number of halogens is 1. The predicted octanol–water partition coefficient (Wildman–Crippen LogP) is 2.56. The van der Waals surface area contributed by atoms with Crippen LogP contribution in [0.4, 0.5) is 4.39 Å². The fraction of sp³-hybridized carbons (Fsp3) is 0.231. The van der Waals surface area contributed by atoms with Crippen LogP contribution < -0.4 is 0 Å². The molecule has 1 aromatic rings. The van der Waals surface area contributed by atoms with Gasteiger partial charge in [-0.15, -0.1) is 6.42 Å². The Morgan fingerprint density at radius 2 is 2.13 bits per heavy atom. The molecule has 0 heterocycles. The maximum absolute atomic E-state index is 12.7. The van der Waals surface area contributed by atoms with Gasteiger partial charge >= 0.3 is 0 Å². The molecule has 1 rings (SSSR count). The van der Waals surface area contributed by atoms with E-state index in [1.807, 2.05) is 42.3 Å². The first-order chi connectivity index (χ1) is 7.27. The van der Waals surface area contributed by atoms with E-state index in [2.05, 4.69) is 5.92 Å². The summed E-state index contributed by atoms with van der Waals surface area (Å²) in [5.41, 5.74) is 1.54. The summed E-state index contributed by atoms with van der Waals surface area (Å²) >= 11 is 0. The van der Waals surface area contributed by atoms with Crippen molar-refractivity contribution in [2.45, 2.75) is 0 Å². The summed E-state index contributed by atoms with van der Waals surface area (Å²) in [5, 5.41) is 0. The minimum Gasteiger partial charge on any atom is -0.291 e. The van der Waals surface area contributed by atoms with Crippen LogP contribution in [0.2, 0.25) is 0 Å². The molecule has 0 saturated carbocycles. The van der Waals surface area contributed by atoms with Crippen molar-refractivity contribution in [1.82, 2.24) is 4.90 Å². The van der Waals surface area contributed by atoms with Crippen molar-refractivity contribution in [2.75, 3.05) is 20.1 Å². The van der Waals surface area contributed by atoms with Crippen LogP contribution in [0.3, 0.4) is 0 Å². The SMILES string of the molecule is C#CCN(C)C/C(=C/F)c1ccccc1. The molecule has 0 aliphatic heterocycles. The lowest BCUT2D eigenvalue weighted by Crippen LogP contribution is -2.20. The molecule has 0 atom stereocenters. The Bertz CT molecular complexity index is 362. The summed E-state index contributed by atoms with van der Waals surface area (Å²) in [5.74, 6) is 2.52. The lowest BCUT2D eigenvalue weighted by Gasteiger charge is -2.15. The molecule has 0 aliphatic rings. The van der Waals surface area contributed by atoms with Gasteiger partial charge in [-0.1, -0.05) is 36.3 Å². The van der Waals surface area contributed by atoms with E-state index in [0.717, 1.165) is 5.56 Å². The van der Waals surface area contributed by atoms with Gasteiger partial charge in [0, 0.05) is 12.1 Å². The quantitative estimate of drug-likeness (QED) is 0.680. The molecule has 78 valence electrons. The Morgan fingerprint density at radius 3 is 2.67 bits per heavy atom. The van der Waals surface area contributed by atoms with Crippen LogP contribution in [-0.2, 0) is 0 Å². The fourth-order valence-corrected chi connectivity index (χ4v) is 1.34. The van der Waals surface area contributed by atoms with Gasteiger partial charge in [0.2, 0.25) is 0 Å². The molecule has 0 spiro atoms. The molecule has 1 aromatic carbocycles. The molecule has 0 amide bonds. The van der Waals surface area contributed by atoms with E-state index < -0.39 is 0 Å². The van der Waals surface area contributed by atoms with E-state index in [1.165, 1.54) is 0 Å². The predicted molar refractivity (Wildman–Crippen MR) is 61.9 cm³/mol. The molecular formula is C13H14FN. The van der Waals surface area contributed by atoms with Crippen molar-refractivity contribution in [3.63, 3.8) is 0 Å². The van der Waals surface area contributed by atoms with Crippen LogP contribution >= 0.6 is 0 Å². The Labute approximate surface area is 90.2 Å². The third-order valence-corrected chi connectivity index (χ3v) is 2.08. The van der Waals surface area contributed by atoms with Crippen LogP contribution in [0.5, 0.6) is 0 Å². The standard InChI is InChI=1S/C13H14FN/c1-3-9-15(2)11-13(10-14)12-7-5-4-6-8-12/h1,4-8,10H,9,11H2,2H3/b13-10-. The van der Waals surface area contributed by atoms with Crippen LogP contribution in [-0.4, -0.2) is 25.0 Å². The van der Waals surface area contributed by atoms with Gasteiger partial charge < -0.3 is 0 Å². The van der Waals surface area contributed by atoms with Gasteiger partial charge in [0.15, 0.2) is 0 Å². The highest BCUT2D eigenvalue weighted by Crippen LogP contribution is 2.14. The van der Waals surface area contributed by atoms with Gasteiger partial charge in [-0.3, -0.25) is 4.90 Å². The Kier molecular flexibility index (Phi) is 4.59. The van der Waals surface area contributed by atoms with Crippen molar-refractivity contribution in [1.29, 1.82) is 0 Å². The average Bonchev–Trinajstić information content (AvgIpc) is 2.27. The summed E-state index contributed by atoms with van der Waals surface area (Å²) in [6.45, 7) is 1.04. The zero-order chi connectivity index (χ0) is 11.1. The first kappa shape index (κ1) is 11.5. The summed E-state index contributed by atoms with van der Waals surface area (Å²) in [6, 6.07) is 9.45. The molecule has 2 heteroatoms. The van der Waals surface area contributed by atoms with Crippen LogP contribution in [0.1, 0.15) is 5.56 Å². The van der Waals surface area contributed by atoms with Gasteiger partial charge in [-0.25, -0.2) is 4.39 Å². The minimum atomic E-state index is 0.518. The zero-order valence-electron chi connectivity index (χ0n) is 8.78. The molecule has 0 unspecified atom stereocenters. The normalized spacial score (nSPS) is 11.5. The summed E-state index contributed by atoms with van der Waals surface area (Å²) in [4.78, 5) is 1.89. The molecule has 0 radical (unpaired) electrons. The highest BCUT2D eigenvalue weighted by atomic mass is 19.1. The van der Waals surface area contributed by atoms with Crippen LogP contribution in [0.25, 0.3) is 5.57 Å². The topological polar surface area (TPSA) is 3.24 Å². The van der Waals surface area contributed by atoms with Gasteiger partial charge in [-0.2, -0.15) is 0 Å². The van der Waals surface area contributed by atoms with Crippen molar-refractivity contribution < 1.29 is 4.39 Å². The molecule has 1 nitrogen and oxygen atoms in total. The number of likely N-dealkylation sites (N-methyl/N-ethyl adjacent to an activating group) is 1. The monoisotopic (exact) mass is 203 g/mol.